The van der Waals surface area contributed by atoms with E-state index in [4.69, 9.17) is 21.8 Å². The highest BCUT2D eigenvalue weighted by atomic mass is 35.5. The van der Waals surface area contributed by atoms with Crippen LogP contribution in [0.25, 0.3) is 11.5 Å². The molecule has 120 valence electrons. The van der Waals surface area contributed by atoms with E-state index in [0.717, 1.165) is 5.56 Å². The van der Waals surface area contributed by atoms with Crippen molar-refractivity contribution in [3.63, 3.8) is 0 Å². The number of nitrogens with zero attached hydrogens (tertiary/aromatic N) is 2. The maximum absolute atomic E-state index is 12.6. The monoisotopic (exact) mass is 333 g/mol. The average Bonchev–Trinajstić information content (AvgIpc) is 3.14. The van der Waals surface area contributed by atoms with Crippen LogP contribution < -0.4 is 5.73 Å². The fraction of sp³-hybridized carbons (Fsp3) is 0.312. The molecule has 2 amide bonds. The first-order chi connectivity index (χ1) is 11.0. The van der Waals surface area contributed by atoms with Crippen molar-refractivity contribution >= 4 is 23.4 Å². The zero-order chi connectivity index (χ0) is 16.6. The van der Waals surface area contributed by atoms with Crippen LogP contribution in [0.5, 0.6) is 0 Å². The molecule has 6 nitrogen and oxygen atoms in total. The molecule has 1 saturated heterocycles. The van der Waals surface area contributed by atoms with Crippen molar-refractivity contribution in [2.75, 3.05) is 13.1 Å². The number of nitrogens with two attached hydrogens (primary N) is 1. The molecule has 2 aromatic rings. The van der Waals surface area contributed by atoms with Gasteiger partial charge in [0.1, 0.15) is 5.76 Å². The SMILES string of the molecule is Cc1oc(-c2ccc(Cl)cc2)nc1C(=O)N1CCC(C(N)=O)C1. The van der Waals surface area contributed by atoms with Gasteiger partial charge >= 0.3 is 0 Å². The number of rotatable bonds is 3. The summed E-state index contributed by atoms with van der Waals surface area (Å²) in [5.74, 6) is -0.0909. The summed E-state index contributed by atoms with van der Waals surface area (Å²) in [5.41, 5.74) is 6.31. The third-order valence-electron chi connectivity index (χ3n) is 3.97. The molecule has 0 bridgehead atoms. The van der Waals surface area contributed by atoms with Gasteiger partial charge in [0.25, 0.3) is 5.91 Å². The predicted octanol–water partition coefficient (Wildman–Crippen LogP) is 2.25. The van der Waals surface area contributed by atoms with Crippen molar-refractivity contribution in [3.8, 4) is 11.5 Å². The highest BCUT2D eigenvalue weighted by molar-refractivity contribution is 6.30. The number of benzene rings is 1. The van der Waals surface area contributed by atoms with Gasteiger partial charge in [-0.25, -0.2) is 4.98 Å². The van der Waals surface area contributed by atoms with Crippen LogP contribution in [0.2, 0.25) is 5.02 Å². The Labute approximate surface area is 138 Å². The number of hydrogen-bond donors (Lipinski definition) is 1. The van der Waals surface area contributed by atoms with Crippen molar-refractivity contribution in [1.29, 1.82) is 0 Å². The molecule has 1 fully saturated rings. The number of likely N-dealkylation sites (tertiary alicyclic amines) is 1. The lowest BCUT2D eigenvalue weighted by Gasteiger charge is -2.14. The smallest absolute Gasteiger partial charge is 0.276 e. The van der Waals surface area contributed by atoms with Crippen LogP contribution >= 0.6 is 11.6 Å². The van der Waals surface area contributed by atoms with Gasteiger partial charge in [-0.1, -0.05) is 11.6 Å². The second kappa shape index (κ2) is 6.04. The average molecular weight is 334 g/mol. The van der Waals surface area contributed by atoms with E-state index in [1.165, 1.54) is 0 Å². The van der Waals surface area contributed by atoms with Crippen molar-refractivity contribution in [1.82, 2.24) is 9.88 Å². The number of oxazole rings is 1. The van der Waals surface area contributed by atoms with Crippen LogP contribution in [0.4, 0.5) is 0 Å². The van der Waals surface area contributed by atoms with Crippen molar-refractivity contribution in [3.05, 3.63) is 40.7 Å². The summed E-state index contributed by atoms with van der Waals surface area (Å²) in [6.45, 7) is 2.52. The molecule has 23 heavy (non-hydrogen) atoms. The molecular weight excluding hydrogens is 318 g/mol. The molecule has 1 unspecified atom stereocenters. The maximum Gasteiger partial charge on any atom is 0.276 e. The van der Waals surface area contributed by atoms with Crippen LogP contribution in [0.15, 0.2) is 28.7 Å². The molecular formula is C16H16ClN3O3. The van der Waals surface area contributed by atoms with E-state index in [2.05, 4.69) is 4.98 Å². The fourth-order valence-electron chi connectivity index (χ4n) is 2.64. The van der Waals surface area contributed by atoms with E-state index >= 15 is 0 Å². The summed E-state index contributed by atoms with van der Waals surface area (Å²) in [7, 11) is 0. The molecule has 2 N–H and O–H groups in total. The van der Waals surface area contributed by atoms with Crippen molar-refractivity contribution in [2.45, 2.75) is 13.3 Å². The summed E-state index contributed by atoms with van der Waals surface area (Å²) >= 11 is 5.86. The normalized spacial score (nSPS) is 17.5. The van der Waals surface area contributed by atoms with Gasteiger partial charge in [-0.05, 0) is 37.6 Å². The number of carbonyl (C=O) groups is 2. The maximum atomic E-state index is 12.6. The van der Waals surface area contributed by atoms with E-state index < -0.39 is 0 Å². The lowest BCUT2D eigenvalue weighted by atomic mass is 10.1. The Morgan fingerprint density at radius 2 is 2.04 bits per heavy atom. The van der Waals surface area contributed by atoms with E-state index in [1.54, 1.807) is 36.1 Å². The van der Waals surface area contributed by atoms with E-state index in [9.17, 15) is 9.59 Å². The summed E-state index contributed by atoms with van der Waals surface area (Å²) in [6.07, 6.45) is 0.585. The standard InChI is InChI=1S/C16H16ClN3O3/c1-9-13(16(22)20-7-6-11(8-20)14(18)21)19-15(23-9)10-2-4-12(17)5-3-10/h2-5,11H,6-8H2,1H3,(H2,18,21). The third-order valence-corrected chi connectivity index (χ3v) is 4.22. The van der Waals surface area contributed by atoms with Crippen molar-refractivity contribution < 1.29 is 14.0 Å². The number of halogens is 1. The molecule has 0 aliphatic carbocycles. The number of aryl methyl sites for hydroxylation is 1. The minimum absolute atomic E-state index is 0.241. The van der Waals surface area contributed by atoms with E-state index in [-0.39, 0.29) is 23.4 Å². The minimum Gasteiger partial charge on any atom is -0.441 e. The topological polar surface area (TPSA) is 89.4 Å². The fourth-order valence-corrected chi connectivity index (χ4v) is 2.76. The number of aromatic nitrogens is 1. The zero-order valence-corrected chi connectivity index (χ0v) is 13.3. The molecule has 0 saturated carbocycles. The molecule has 1 aliphatic rings. The lowest BCUT2D eigenvalue weighted by molar-refractivity contribution is -0.121. The number of amides is 2. The first-order valence-electron chi connectivity index (χ1n) is 7.27. The zero-order valence-electron chi connectivity index (χ0n) is 12.6. The Hall–Kier alpha value is -2.34. The Bertz CT molecular complexity index is 754. The number of primary amides is 1. The highest BCUT2D eigenvalue weighted by Crippen LogP contribution is 2.25. The summed E-state index contributed by atoms with van der Waals surface area (Å²) < 4.78 is 5.60. The van der Waals surface area contributed by atoms with Gasteiger partial charge in [0.15, 0.2) is 5.69 Å². The van der Waals surface area contributed by atoms with Crippen molar-refractivity contribution in [2.24, 2.45) is 11.7 Å². The van der Waals surface area contributed by atoms with Gasteiger partial charge in [0.05, 0.1) is 5.92 Å². The van der Waals surface area contributed by atoms with Crippen LogP contribution in [0.1, 0.15) is 22.7 Å². The van der Waals surface area contributed by atoms with E-state index in [1.807, 2.05) is 0 Å². The second-order valence-corrected chi connectivity index (χ2v) is 6.01. The van der Waals surface area contributed by atoms with Gasteiger partial charge in [-0.2, -0.15) is 0 Å². The first-order valence-corrected chi connectivity index (χ1v) is 7.65. The molecule has 1 aliphatic heterocycles. The molecule has 3 rings (SSSR count). The summed E-state index contributed by atoms with van der Waals surface area (Å²) in [5, 5.41) is 0.614. The highest BCUT2D eigenvalue weighted by Gasteiger charge is 2.32. The quantitative estimate of drug-likeness (QED) is 0.932. The van der Waals surface area contributed by atoms with Gasteiger partial charge in [0.2, 0.25) is 11.8 Å². The lowest BCUT2D eigenvalue weighted by Crippen LogP contribution is -2.32. The Balaban J connectivity index is 1.82. The van der Waals surface area contributed by atoms with Gasteiger partial charge < -0.3 is 15.1 Å². The van der Waals surface area contributed by atoms with Gasteiger partial charge in [-0.15, -0.1) is 0 Å². The molecule has 2 heterocycles. The molecule has 1 aromatic heterocycles. The van der Waals surface area contributed by atoms with Crippen LogP contribution in [0, 0.1) is 12.8 Å². The molecule has 0 radical (unpaired) electrons. The predicted molar refractivity (Wildman–Crippen MR) is 84.9 cm³/mol. The van der Waals surface area contributed by atoms with Gasteiger partial charge in [-0.3, -0.25) is 9.59 Å². The first kappa shape index (κ1) is 15.6. The third kappa shape index (κ3) is 3.07. The molecule has 1 atom stereocenters. The number of hydrogen-bond acceptors (Lipinski definition) is 4. The Morgan fingerprint density at radius 3 is 2.65 bits per heavy atom. The largest absolute Gasteiger partial charge is 0.441 e. The minimum atomic E-state index is -0.376. The van der Waals surface area contributed by atoms with Gasteiger partial charge in [0, 0.05) is 23.7 Å². The van der Waals surface area contributed by atoms with Crippen LogP contribution in [-0.4, -0.2) is 34.8 Å². The number of carbonyl (C=O) groups excluding carboxylic acids is 2. The Morgan fingerprint density at radius 1 is 1.35 bits per heavy atom. The second-order valence-electron chi connectivity index (χ2n) is 5.57. The van der Waals surface area contributed by atoms with Crippen LogP contribution in [0.3, 0.4) is 0 Å². The van der Waals surface area contributed by atoms with E-state index in [0.29, 0.717) is 36.2 Å². The van der Waals surface area contributed by atoms with Crippen LogP contribution in [-0.2, 0) is 4.79 Å². The molecule has 0 spiro atoms. The molecule has 1 aromatic carbocycles. The summed E-state index contributed by atoms with van der Waals surface area (Å²) in [6, 6.07) is 7.02. The molecule has 7 heteroatoms. The Kier molecular flexibility index (Phi) is 4.09. The summed E-state index contributed by atoms with van der Waals surface area (Å²) in [4.78, 5) is 29.7.